The van der Waals surface area contributed by atoms with Crippen molar-refractivity contribution in [3.05, 3.63) is 58.9 Å². The molecular formula is C27H25F5O11. The summed E-state index contributed by atoms with van der Waals surface area (Å²) >= 11 is 0. The molecule has 1 saturated heterocycles. The summed E-state index contributed by atoms with van der Waals surface area (Å²) in [5.74, 6) is -13.4. The monoisotopic (exact) mass is 620 g/mol. The van der Waals surface area contributed by atoms with E-state index in [1.807, 2.05) is 0 Å². The Morgan fingerprint density at radius 1 is 0.744 bits per heavy atom. The average Bonchev–Trinajstić information content (AvgIpc) is 2.90. The third-order valence-corrected chi connectivity index (χ3v) is 5.66. The molecular weight excluding hydrogens is 595 g/mol. The number of halogens is 5. The van der Waals surface area contributed by atoms with Crippen LogP contribution in [0.25, 0.3) is 0 Å². The smallest absolute Gasteiger partial charge is 0.303 e. The molecule has 5 atom stereocenters. The first-order valence-electron chi connectivity index (χ1n) is 12.4. The van der Waals surface area contributed by atoms with Crippen LogP contribution >= 0.6 is 0 Å². The molecule has 3 rings (SSSR count). The van der Waals surface area contributed by atoms with E-state index in [0.717, 1.165) is 45.9 Å². The highest BCUT2D eigenvalue weighted by molar-refractivity contribution is 5.68. The quantitative estimate of drug-likeness (QED) is 0.168. The van der Waals surface area contributed by atoms with Gasteiger partial charge in [-0.25, -0.2) is 13.2 Å². The van der Waals surface area contributed by atoms with E-state index in [-0.39, 0.29) is 11.6 Å². The lowest BCUT2D eigenvalue weighted by Crippen LogP contribution is -2.63. The fourth-order valence-corrected chi connectivity index (χ4v) is 3.99. The maximum Gasteiger partial charge on any atom is 0.303 e. The SMILES string of the molecule is CC(=O)OC[C@H]1O[C@@H](Oc2cc(F)ccc2COc2c(F)c(F)cc(F)c2F)[C@H](OC(C)=O)[C@@H](OC(C)=O)[C@H]1OC(C)=O. The Labute approximate surface area is 240 Å². The van der Waals surface area contributed by atoms with Gasteiger partial charge >= 0.3 is 23.9 Å². The molecule has 234 valence electrons. The van der Waals surface area contributed by atoms with E-state index in [2.05, 4.69) is 0 Å². The van der Waals surface area contributed by atoms with Gasteiger partial charge in [0.05, 0.1) is 0 Å². The summed E-state index contributed by atoms with van der Waals surface area (Å²) in [5, 5.41) is 0. The maximum absolute atomic E-state index is 14.3. The van der Waals surface area contributed by atoms with E-state index in [1.54, 1.807) is 0 Å². The Morgan fingerprint density at radius 2 is 1.30 bits per heavy atom. The Balaban J connectivity index is 2.02. The highest BCUT2D eigenvalue weighted by Crippen LogP contribution is 2.33. The van der Waals surface area contributed by atoms with E-state index in [0.29, 0.717) is 0 Å². The number of hydrogen-bond acceptors (Lipinski definition) is 11. The molecule has 0 spiro atoms. The van der Waals surface area contributed by atoms with Gasteiger partial charge in [-0.05, 0) is 12.1 Å². The molecule has 2 aromatic carbocycles. The first-order chi connectivity index (χ1) is 20.2. The van der Waals surface area contributed by atoms with Crippen LogP contribution in [-0.2, 0) is 49.5 Å². The van der Waals surface area contributed by atoms with Crippen molar-refractivity contribution in [1.82, 2.24) is 0 Å². The topological polar surface area (TPSA) is 133 Å². The minimum Gasteiger partial charge on any atom is -0.483 e. The molecule has 1 aliphatic rings. The molecule has 0 N–H and O–H groups in total. The zero-order valence-electron chi connectivity index (χ0n) is 23.0. The molecule has 43 heavy (non-hydrogen) atoms. The molecule has 1 fully saturated rings. The third kappa shape index (κ3) is 8.53. The highest BCUT2D eigenvalue weighted by atomic mass is 19.2. The summed E-state index contributed by atoms with van der Waals surface area (Å²) in [5.41, 5.74) is -0.155. The molecule has 1 heterocycles. The van der Waals surface area contributed by atoms with Gasteiger partial charge in [0.25, 0.3) is 0 Å². The molecule has 0 amide bonds. The van der Waals surface area contributed by atoms with Crippen LogP contribution in [0.4, 0.5) is 22.0 Å². The second-order valence-corrected chi connectivity index (χ2v) is 9.02. The lowest BCUT2D eigenvalue weighted by Gasteiger charge is -2.44. The Morgan fingerprint density at radius 3 is 1.86 bits per heavy atom. The van der Waals surface area contributed by atoms with Crippen molar-refractivity contribution in [2.45, 2.75) is 65.0 Å². The van der Waals surface area contributed by atoms with Crippen LogP contribution in [0.15, 0.2) is 24.3 Å². The second-order valence-electron chi connectivity index (χ2n) is 9.02. The van der Waals surface area contributed by atoms with Crippen molar-refractivity contribution in [2.75, 3.05) is 6.61 Å². The van der Waals surface area contributed by atoms with Crippen molar-refractivity contribution < 1.29 is 74.3 Å². The number of carbonyl (C=O) groups is 4. The largest absolute Gasteiger partial charge is 0.483 e. The van der Waals surface area contributed by atoms with Gasteiger partial charge in [0.2, 0.25) is 24.0 Å². The number of ether oxygens (including phenoxy) is 7. The fraction of sp³-hybridized carbons (Fsp3) is 0.407. The van der Waals surface area contributed by atoms with Gasteiger partial charge in [0.1, 0.15) is 30.9 Å². The van der Waals surface area contributed by atoms with Crippen LogP contribution in [0, 0.1) is 29.1 Å². The second kappa shape index (κ2) is 14.1. The minimum absolute atomic E-state index is 0.0194. The van der Waals surface area contributed by atoms with Crippen LogP contribution < -0.4 is 9.47 Å². The molecule has 1 aliphatic heterocycles. The molecule has 0 saturated carbocycles. The molecule has 0 aliphatic carbocycles. The lowest BCUT2D eigenvalue weighted by atomic mass is 9.98. The van der Waals surface area contributed by atoms with Crippen LogP contribution in [-0.4, -0.2) is 61.2 Å². The fourth-order valence-electron chi connectivity index (χ4n) is 3.99. The van der Waals surface area contributed by atoms with E-state index in [4.69, 9.17) is 33.2 Å². The summed E-state index contributed by atoms with van der Waals surface area (Å²) < 4.78 is 107. The predicted molar refractivity (Wildman–Crippen MR) is 130 cm³/mol. The van der Waals surface area contributed by atoms with Crippen LogP contribution in [0.2, 0.25) is 0 Å². The van der Waals surface area contributed by atoms with Crippen LogP contribution in [0.3, 0.4) is 0 Å². The molecule has 2 aromatic rings. The predicted octanol–water partition coefficient (Wildman–Crippen LogP) is 3.42. The molecule has 0 bridgehead atoms. The van der Waals surface area contributed by atoms with Crippen molar-refractivity contribution in [2.24, 2.45) is 0 Å². The van der Waals surface area contributed by atoms with E-state index < -0.39 is 108 Å². The molecule has 0 aromatic heterocycles. The van der Waals surface area contributed by atoms with Crippen LogP contribution in [0.5, 0.6) is 11.5 Å². The molecule has 11 nitrogen and oxygen atoms in total. The highest BCUT2D eigenvalue weighted by Gasteiger charge is 2.53. The van der Waals surface area contributed by atoms with Crippen molar-refractivity contribution in [1.29, 1.82) is 0 Å². The van der Waals surface area contributed by atoms with Crippen molar-refractivity contribution in [3.8, 4) is 11.5 Å². The van der Waals surface area contributed by atoms with E-state index in [9.17, 15) is 41.1 Å². The Kier molecular flexibility index (Phi) is 10.9. The number of rotatable bonds is 10. The van der Waals surface area contributed by atoms with Gasteiger partial charge in [-0.2, -0.15) is 8.78 Å². The van der Waals surface area contributed by atoms with E-state index >= 15 is 0 Å². The van der Waals surface area contributed by atoms with Crippen molar-refractivity contribution >= 4 is 23.9 Å². The van der Waals surface area contributed by atoms with E-state index in [1.165, 1.54) is 0 Å². The van der Waals surface area contributed by atoms with Gasteiger partial charge in [0.15, 0.2) is 29.6 Å². The Hall–Kier alpha value is -4.47. The molecule has 16 heteroatoms. The van der Waals surface area contributed by atoms with Gasteiger partial charge in [-0.1, -0.05) is 0 Å². The maximum atomic E-state index is 14.3. The normalized spacial score (nSPS) is 21.4. The summed E-state index contributed by atoms with van der Waals surface area (Å²) in [4.78, 5) is 47.3. The summed E-state index contributed by atoms with van der Waals surface area (Å²) in [6.45, 7) is 2.65. The summed E-state index contributed by atoms with van der Waals surface area (Å²) in [6.07, 6.45) is -8.00. The number of esters is 4. The van der Waals surface area contributed by atoms with Gasteiger partial charge < -0.3 is 33.2 Å². The van der Waals surface area contributed by atoms with Gasteiger partial charge in [0, 0.05) is 45.4 Å². The summed E-state index contributed by atoms with van der Waals surface area (Å²) in [6, 6.07) is 2.69. The average molecular weight is 620 g/mol. The summed E-state index contributed by atoms with van der Waals surface area (Å²) in [7, 11) is 0. The number of carbonyl (C=O) groups excluding carboxylic acids is 4. The first-order valence-corrected chi connectivity index (χ1v) is 12.4. The van der Waals surface area contributed by atoms with Gasteiger partial charge in [-0.15, -0.1) is 0 Å². The lowest BCUT2D eigenvalue weighted by molar-refractivity contribution is -0.288. The van der Waals surface area contributed by atoms with Crippen LogP contribution in [0.1, 0.15) is 33.3 Å². The van der Waals surface area contributed by atoms with Crippen molar-refractivity contribution in [3.63, 3.8) is 0 Å². The Bertz CT molecular complexity index is 1360. The first kappa shape index (κ1) is 33.0. The standard InChI is InChI=1S/C27H25F5O11/c1-11(33)37-10-20-23(39-12(2)34)25(40-13(3)35)26(41-14(4)36)27(43-20)42-19-7-16(28)6-5-15(19)9-38-24-21(31)17(29)8-18(30)22(24)32/h5-8,20,23,25-27H,9-10H2,1-4H3/t20-,23+,25+,26-,27-/m1/s1. The zero-order valence-corrected chi connectivity index (χ0v) is 23.0. The number of hydrogen-bond donors (Lipinski definition) is 0. The molecule has 0 radical (unpaired) electrons. The minimum atomic E-state index is -1.83. The number of benzene rings is 2. The molecule has 0 unspecified atom stereocenters. The van der Waals surface area contributed by atoms with Gasteiger partial charge in [-0.3, -0.25) is 19.2 Å². The zero-order chi connectivity index (χ0) is 32.0. The third-order valence-electron chi connectivity index (χ3n) is 5.66.